The molecule has 0 spiro atoms. The Morgan fingerprint density at radius 2 is 1.89 bits per heavy atom. The second kappa shape index (κ2) is 5.55. The van der Waals surface area contributed by atoms with Crippen LogP contribution < -0.4 is 5.32 Å². The van der Waals surface area contributed by atoms with Gasteiger partial charge in [-0.1, -0.05) is 19.1 Å². The Hall–Kier alpha value is -1.32. The molecule has 0 aromatic heterocycles. The highest BCUT2D eigenvalue weighted by atomic mass is 16.5. The molecule has 4 heteroatoms. The van der Waals surface area contributed by atoms with E-state index in [9.17, 15) is 9.59 Å². The van der Waals surface area contributed by atoms with Gasteiger partial charge in [0.25, 0.3) is 0 Å². The summed E-state index contributed by atoms with van der Waals surface area (Å²) in [6, 6.07) is 0. The second-order valence-electron chi connectivity index (χ2n) is 5.04. The molecule has 2 aliphatic rings. The monoisotopic (exact) mass is 251 g/mol. The van der Waals surface area contributed by atoms with E-state index in [0.717, 1.165) is 12.8 Å². The maximum atomic E-state index is 12.2. The first-order valence-electron chi connectivity index (χ1n) is 6.81. The second-order valence-corrected chi connectivity index (χ2v) is 5.04. The van der Waals surface area contributed by atoms with Crippen molar-refractivity contribution in [2.75, 3.05) is 13.2 Å². The molecule has 0 unspecified atom stereocenters. The van der Waals surface area contributed by atoms with Gasteiger partial charge in [-0.05, 0) is 31.6 Å². The normalized spacial score (nSPS) is 32.6. The fourth-order valence-electron chi connectivity index (χ4n) is 3.11. The van der Waals surface area contributed by atoms with E-state index in [0.29, 0.717) is 13.2 Å². The van der Waals surface area contributed by atoms with E-state index in [1.807, 2.05) is 6.92 Å². The van der Waals surface area contributed by atoms with Crippen LogP contribution in [0.4, 0.5) is 0 Å². The standard InChI is InChI=1S/C14H21NO3/c1-3-7-15-13(16)11-9-5-6-10(8-9)12(11)14(17)18-4-2/h5-6,9-12H,3-4,7-8H2,1-2H3,(H,15,16)/t9-,10+,11-,12+/m0/s1. The number of ether oxygens (including phenoxy) is 1. The zero-order chi connectivity index (χ0) is 13.1. The lowest BCUT2D eigenvalue weighted by Crippen LogP contribution is -2.41. The van der Waals surface area contributed by atoms with E-state index >= 15 is 0 Å². The van der Waals surface area contributed by atoms with Crippen molar-refractivity contribution in [3.8, 4) is 0 Å². The molecule has 2 aliphatic carbocycles. The van der Waals surface area contributed by atoms with E-state index in [1.165, 1.54) is 0 Å². The van der Waals surface area contributed by atoms with Gasteiger partial charge in [0, 0.05) is 6.54 Å². The summed E-state index contributed by atoms with van der Waals surface area (Å²) in [6.07, 6.45) is 5.96. The minimum absolute atomic E-state index is 0.00625. The van der Waals surface area contributed by atoms with Crippen LogP contribution in [0, 0.1) is 23.7 Å². The number of allylic oxidation sites excluding steroid dienone is 2. The topological polar surface area (TPSA) is 55.4 Å². The zero-order valence-corrected chi connectivity index (χ0v) is 11.0. The quantitative estimate of drug-likeness (QED) is 0.595. The number of nitrogens with one attached hydrogen (secondary N) is 1. The van der Waals surface area contributed by atoms with Gasteiger partial charge in [-0.15, -0.1) is 0 Å². The Morgan fingerprint density at radius 3 is 2.50 bits per heavy atom. The highest BCUT2D eigenvalue weighted by molar-refractivity contribution is 5.87. The van der Waals surface area contributed by atoms with Crippen molar-refractivity contribution in [1.82, 2.24) is 5.32 Å². The van der Waals surface area contributed by atoms with Crippen LogP contribution in [0.2, 0.25) is 0 Å². The van der Waals surface area contributed by atoms with Crippen molar-refractivity contribution >= 4 is 11.9 Å². The molecule has 4 atom stereocenters. The van der Waals surface area contributed by atoms with E-state index in [2.05, 4.69) is 17.5 Å². The van der Waals surface area contributed by atoms with Crippen LogP contribution >= 0.6 is 0 Å². The van der Waals surface area contributed by atoms with Crippen molar-refractivity contribution in [3.05, 3.63) is 12.2 Å². The Morgan fingerprint density at radius 1 is 1.22 bits per heavy atom. The van der Waals surface area contributed by atoms with Gasteiger partial charge in [0.05, 0.1) is 18.4 Å². The molecule has 0 heterocycles. The number of rotatable bonds is 5. The minimum atomic E-state index is -0.281. The molecule has 4 nitrogen and oxygen atoms in total. The zero-order valence-electron chi connectivity index (χ0n) is 11.0. The van der Waals surface area contributed by atoms with Crippen molar-refractivity contribution < 1.29 is 14.3 Å². The number of hydrogen-bond donors (Lipinski definition) is 1. The fraction of sp³-hybridized carbons (Fsp3) is 0.714. The van der Waals surface area contributed by atoms with E-state index in [-0.39, 0.29) is 35.5 Å². The predicted octanol–water partition coefficient (Wildman–Crippen LogP) is 1.51. The molecule has 2 bridgehead atoms. The molecule has 1 N–H and O–H groups in total. The van der Waals surface area contributed by atoms with Crippen molar-refractivity contribution in [2.24, 2.45) is 23.7 Å². The minimum Gasteiger partial charge on any atom is -0.466 e. The fourth-order valence-corrected chi connectivity index (χ4v) is 3.11. The lowest BCUT2D eigenvalue weighted by molar-refractivity contribution is -0.153. The van der Waals surface area contributed by atoms with Gasteiger partial charge in [0.1, 0.15) is 0 Å². The summed E-state index contributed by atoms with van der Waals surface area (Å²) in [5.41, 5.74) is 0. The molecule has 0 aromatic rings. The van der Waals surface area contributed by atoms with Crippen molar-refractivity contribution in [2.45, 2.75) is 26.7 Å². The molecule has 0 radical (unpaired) electrons. The van der Waals surface area contributed by atoms with E-state index < -0.39 is 0 Å². The molecule has 1 fully saturated rings. The first-order valence-corrected chi connectivity index (χ1v) is 6.81. The number of carbonyl (C=O) groups is 2. The molecule has 1 amide bonds. The molecule has 1 saturated carbocycles. The number of fused-ring (bicyclic) bond motifs is 2. The van der Waals surface area contributed by atoms with Crippen LogP contribution in [0.25, 0.3) is 0 Å². The predicted molar refractivity (Wildman–Crippen MR) is 67.7 cm³/mol. The van der Waals surface area contributed by atoms with Gasteiger partial charge in [0.15, 0.2) is 0 Å². The van der Waals surface area contributed by atoms with Gasteiger partial charge in [-0.25, -0.2) is 0 Å². The molecular formula is C14H21NO3. The Labute approximate surface area is 108 Å². The highest BCUT2D eigenvalue weighted by Crippen LogP contribution is 2.48. The Bertz CT molecular complexity index is 364. The lowest BCUT2D eigenvalue weighted by atomic mass is 9.82. The lowest BCUT2D eigenvalue weighted by Gasteiger charge is -2.25. The SMILES string of the molecule is CCCNC(=O)[C@@H]1[C@H](C(=O)OCC)[C@@H]2C=C[C@H]1C2. The third-order valence-electron chi connectivity index (χ3n) is 3.87. The molecule has 18 heavy (non-hydrogen) atoms. The largest absolute Gasteiger partial charge is 0.466 e. The molecule has 2 rings (SSSR count). The summed E-state index contributed by atoms with van der Waals surface area (Å²) in [6.45, 7) is 4.86. The van der Waals surface area contributed by atoms with E-state index in [1.54, 1.807) is 6.92 Å². The van der Waals surface area contributed by atoms with Gasteiger partial charge in [0.2, 0.25) is 5.91 Å². The van der Waals surface area contributed by atoms with Gasteiger partial charge < -0.3 is 10.1 Å². The summed E-state index contributed by atoms with van der Waals surface area (Å²) in [5.74, 6) is -0.326. The summed E-state index contributed by atoms with van der Waals surface area (Å²) >= 11 is 0. The molecule has 0 saturated heterocycles. The molecule has 0 aromatic carbocycles. The van der Waals surface area contributed by atoms with E-state index in [4.69, 9.17) is 4.74 Å². The highest BCUT2D eigenvalue weighted by Gasteiger charge is 2.52. The first kappa shape index (κ1) is 13.1. The average Bonchev–Trinajstić information content (AvgIpc) is 2.96. The number of amides is 1. The number of esters is 1. The average molecular weight is 251 g/mol. The van der Waals surface area contributed by atoms with Crippen molar-refractivity contribution in [1.29, 1.82) is 0 Å². The number of hydrogen-bond acceptors (Lipinski definition) is 3. The van der Waals surface area contributed by atoms with Gasteiger partial charge >= 0.3 is 5.97 Å². The van der Waals surface area contributed by atoms with Crippen LogP contribution in [-0.2, 0) is 14.3 Å². The smallest absolute Gasteiger partial charge is 0.310 e. The van der Waals surface area contributed by atoms with Crippen LogP contribution in [0.5, 0.6) is 0 Å². The third-order valence-corrected chi connectivity index (χ3v) is 3.87. The Balaban J connectivity index is 2.09. The van der Waals surface area contributed by atoms with Crippen LogP contribution in [0.1, 0.15) is 26.7 Å². The van der Waals surface area contributed by atoms with Crippen LogP contribution in [0.15, 0.2) is 12.2 Å². The summed E-state index contributed by atoms with van der Waals surface area (Å²) in [5, 5.41) is 2.91. The van der Waals surface area contributed by atoms with Gasteiger partial charge in [-0.3, -0.25) is 9.59 Å². The summed E-state index contributed by atoms with van der Waals surface area (Å²) in [7, 11) is 0. The molecule has 0 aliphatic heterocycles. The molecule has 100 valence electrons. The number of carbonyl (C=O) groups excluding carboxylic acids is 2. The van der Waals surface area contributed by atoms with Crippen LogP contribution in [-0.4, -0.2) is 25.0 Å². The Kier molecular flexibility index (Phi) is 4.04. The maximum Gasteiger partial charge on any atom is 0.310 e. The van der Waals surface area contributed by atoms with Crippen molar-refractivity contribution in [3.63, 3.8) is 0 Å². The third kappa shape index (κ3) is 2.28. The first-order chi connectivity index (χ1) is 8.69. The summed E-state index contributed by atoms with van der Waals surface area (Å²) in [4.78, 5) is 24.1. The molecular weight excluding hydrogens is 230 g/mol. The van der Waals surface area contributed by atoms with Crippen LogP contribution in [0.3, 0.4) is 0 Å². The van der Waals surface area contributed by atoms with Gasteiger partial charge in [-0.2, -0.15) is 0 Å². The maximum absolute atomic E-state index is 12.2. The summed E-state index contributed by atoms with van der Waals surface area (Å²) < 4.78 is 5.11.